The fourth-order valence-electron chi connectivity index (χ4n) is 3.87. The second-order valence-corrected chi connectivity index (χ2v) is 10.5. The molecule has 1 heterocycles. The van der Waals surface area contributed by atoms with Gasteiger partial charge in [-0.25, -0.2) is 12.8 Å². The maximum Gasteiger partial charge on any atom is 0.255 e. The van der Waals surface area contributed by atoms with Crippen LogP contribution in [-0.4, -0.2) is 40.3 Å². The van der Waals surface area contributed by atoms with E-state index in [4.69, 9.17) is 13.9 Å². The number of hydrogen-bond donors (Lipinski definition) is 2. The molecule has 38 heavy (non-hydrogen) atoms. The average Bonchev–Trinajstić information content (AvgIpc) is 3.27. The van der Waals surface area contributed by atoms with Crippen LogP contribution in [0.5, 0.6) is 5.75 Å². The molecule has 0 saturated heterocycles. The summed E-state index contributed by atoms with van der Waals surface area (Å²) < 4.78 is 55.2. The van der Waals surface area contributed by atoms with Crippen LogP contribution in [0.3, 0.4) is 0 Å². The van der Waals surface area contributed by atoms with Gasteiger partial charge in [0, 0.05) is 37.4 Å². The third-order valence-electron chi connectivity index (χ3n) is 5.68. The molecule has 196 valence electrons. The Hall–Kier alpha value is -4.40. The number of rotatable bonds is 9. The molecule has 1 aromatic heterocycles. The largest absolute Gasteiger partial charge is 0.487 e. The van der Waals surface area contributed by atoms with Crippen LogP contribution in [0.15, 0.2) is 65.1 Å². The minimum absolute atomic E-state index is 0.0458. The van der Waals surface area contributed by atoms with E-state index in [1.807, 2.05) is 0 Å². The molecule has 1 unspecified atom stereocenters. The lowest BCUT2D eigenvalue weighted by molar-refractivity contribution is 0.0964. The van der Waals surface area contributed by atoms with Gasteiger partial charge in [-0.15, -0.1) is 0 Å². The zero-order valence-electron chi connectivity index (χ0n) is 20.7. The molecule has 4 rings (SSSR count). The van der Waals surface area contributed by atoms with Gasteiger partial charge in [0.15, 0.2) is 9.84 Å². The zero-order valence-corrected chi connectivity index (χ0v) is 21.6. The molecule has 0 aliphatic heterocycles. The highest BCUT2D eigenvalue weighted by atomic mass is 32.2. The van der Waals surface area contributed by atoms with Crippen molar-refractivity contribution in [2.45, 2.75) is 12.2 Å². The van der Waals surface area contributed by atoms with E-state index in [0.717, 1.165) is 6.26 Å². The minimum Gasteiger partial charge on any atom is -0.487 e. The van der Waals surface area contributed by atoms with E-state index < -0.39 is 27.1 Å². The molecule has 4 aromatic rings. The van der Waals surface area contributed by atoms with Gasteiger partial charge in [0.05, 0.1) is 22.9 Å². The summed E-state index contributed by atoms with van der Waals surface area (Å²) in [7, 11) is -0.965. The fraction of sp³-hybridized carbons (Fsp3) is 0.185. The molecular weight excluding hydrogens is 513 g/mol. The number of halogens is 1. The highest BCUT2D eigenvalue weighted by Crippen LogP contribution is 2.40. The monoisotopic (exact) mass is 537 g/mol. The number of furan rings is 1. The minimum atomic E-state index is -3.68. The van der Waals surface area contributed by atoms with Crippen LogP contribution in [0.25, 0.3) is 22.3 Å². The van der Waals surface area contributed by atoms with Crippen molar-refractivity contribution in [3.8, 4) is 23.1 Å². The molecular formula is C27H24FN3O6S. The van der Waals surface area contributed by atoms with Crippen molar-refractivity contribution in [3.05, 3.63) is 83.2 Å². The number of hydrogen-bond acceptors (Lipinski definition) is 8. The third kappa shape index (κ3) is 5.61. The first kappa shape index (κ1) is 26.7. The number of anilines is 1. The zero-order chi connectivity index (χ0) is 27.4. The first-order chi connectivity index (χ1) is 18.1. The predicted molar refractivity (Wildman–Crippen MR) is 140 cm³/mol. The van der Waals surface area contributed by atoms with Crippen LogP contribution in [0, 0.1) is 17.1 Å². The lowest BCUT2D eigenvalue weighted by Crippen LogP contribution is -2.30. The van der Waals surface area contributed by atoms with Gasteiger partial charge in [-0.2, -0.15) is 5.26 Å². The van der Waals surface area contributed by atoms with Crippen molar-refractivity contribution < 1.29 is 31.5 Å². The maximum atomic E-state index is 13.5. The number of carbonyl (C=O) groups is 1. The van der Waals surface area contributed by atoms with Gasteiger partial charge in [0.25, 0.3) is 5.91 Å². The van der Waals surface area contributed by atoms with Crippen LogP contribution in [0.2, 0.25) is 0 Å². The highest BCUT2D eigenvalue weighted by Gasteiger charge is 2.26. The van der Waals surface area contributed by atoms with Gasteiger partial charge < -0.3 is 24.5 Å². The topological polar surface area (TPSA) is 131 Å². The Bertz CT molecular complexity index is 1640. The first-order valence-electron chi connectivity index (χ1n) is 11.3. The van der Waals surface area contributed by atoms with Gasteiger partial charge in [0.1, 0.15) is 29.5 Å². The number of amides is 1. The molecule has 9 nitrogen and oxygen atoms in total. The van der Waals surface area contributed by atoms with Crippen molar-refractivity contribution in [1.82, 2.24) is 5.32 Å². The van der Waals surface area contributed by atoms with E-state index in [-0.39, 0.29) is 35.0 Å². The standard InChI is InChI=1S/C27H24FN3O6S/c1-30-26(32)24-20-12-23(36-15-17-6-4-5-16(11-17)14-29)21(31-27(35-2)38(3,33)34)13-22(20)37-25(24)18-7-9-19(28)10-8-18/h4-13,27,31H,15H2,1-3H3,(H,30,32). The Labute approximate surface area is 218 Å². The molecule has 0 fully saturated rings. The molecule has 1 amide bonds. The Kier molecular flexibility index (Phi) is 7.66. The Balaban J connectivity index is 1.87. The molecule has 11 heteroatoms. The summed E-state index contributed by atoms with van der Waals surface area (Å²) in [6.45, 7) is 0.0458. The second kappa shape index (κ2) is 10.9. The summed E-state index contributed by atoms with van der Waals surface area (Å²) in [4.78, 5) is 12.9. The van der Waals surface area contributed by atoms with E-state index in [1.165, 1.54) is 44.5 Å². The number of carbonyl (C=O) groups excluding carboxylic acids is 1. The Morgan fingerprint density at radius 3 is 2.53 bits per heavy atom. The smallest absolute Gasteiger partial charge is 0.255 e. The third-order valence-corrected chi connectivity index (χ3v) is 6.77. The van der Waals surface area contributed by atoms with E-state index in [2.05, 4.69) is 16.7 Å². The Morgan fingerprint density at radius 2 is 1.89 bits per heavy atom. The quantitative estimate of drug-likeness (QED) is 0.300. The van der Waals surface area contributed by atoms with Crippen molar-refractivity contribution in [2.75, 3.05) is 25.7 Å². The maximum absolute atomic E-state index is 13.5. The van der Waals surface area contributed by atoms with E-state index in [1.54, 1.807) is 30.3 Å². The van der Waals surface area contributed by atoms with E-state index >= 15 is 0 Å². The summed E-state index contributed by atoms with van der Waals surface area (Å²) in [5.74, 6) is -0.472. The number of benzene rings is 3. The average molecular weight is 538 g/mol. The van der Waals surface area contributed by atoms with Gasteiger partial charge in [0.2, 0.25) is 5.56 Å². The molecule has 0 aliphatic rings. The number of ether oxygens (including phenoxy) is 2. The molecule has 0 spiro atoms. The molecule has 3 aromatic carbocycles. The molecule has 0 radical (unpaired) electrons. The summed E-state index contributed by atoms with van der Waals surface area (Å²) in [6.07, 6.45) is 1.02. The normalized spacial score (nSPS) is 12.1. The van der Waals surface area contributed by atoms with Crippen LogP contribution in [-0.2, 0) is 21.2 Å². The van der Waals surface area contributed by atoms with Gasteiger partial charge in [-0.1, -0.05) is 12.1 Å². The molecule has 2 N–H and O–H groups in total. The molecule has 1 atom stereocenters. The molecule has 0 bridgehead atoms. The summed E-state index contributed by atoms with van der Waals surface area (Å²) in [5.41, 5.74) is 0.918. The Morgan fingerprint density at radius 1 is 1.16 bits per heavy atom. The molecule has 0 saturated carbocycles. The highest BCUT2D eigenvalue weighted by molar-refractivity contribution is 7.91. The van der Waals surface area contributed by atoms with Gasteiger partial charge in [-0.05, 0) is 48.0 Å². The van der Waals surface area contributed by atoms with Crippen LogP contribution < -0.4 is 15.4 Å². The lowest BCUT2D eigenvalue weighted by atomic mass is 10.0. The summed E-state index contributed by atoms with van der Waals surface area (Å²) in [5, 5.41) is 15.0. The van der Waals surface area contributed by atoms with Crippen LogP contribution in [0.4, 0.5) is 10.1 Å². The first-order valence-corrected chi connectivity index (χ1v) is 13.3. The van der Waals surface area contributed by atoms with E-state index in [9.17, 15) is 22.9 Å². The number of fused-ring (bicyclic) bond motifs is 1. The summed E-state index contributed by atoms with van der Waals surface area (Å²) in [6, 6.07) is 17.4. The van der Waals surface area contributed by atoms with Gasteiger partial charge >= 0.3 is 0 Å². The molecule has 0 aliphatic carbocycles. The van der Waals surface area contributed by atoms with Crippen molar-refractivity contribution in [2.24, 2.45) is 0 Å². The SMILES string of the molecule is CNC(=O)c1c(-c2ccc(F)cc2)oc2cc(NC(OC)S(C)(=O)=O)c(OCc3cccc(C#N)c3)cc12. The number of sulfone groups is 1. The lowest BCUT2D eigenvalue weighted by Gasteiger charge is -2.19. The second-order valence-electron chi connectivity index (χ2n) is 8.38. The van der Waals surface area contributed by atoms with Crippen LogP contribution in [0.1, 0.15) is 21.5 Å². The fourth-order valence-corrected chi connectivity index (χ4v) is 4.56. The number of nitrogens with one attached hydrogen (secondary N) is 2. The van der Waals surface area contributed by atoms with Crippen LogP contribution >= 0.6 is 0 Å². The number of methoxy groups -OCH3 is 1. The predicted octanol–water partition coefficient (Wildman–Crippen LogP) is 4.44. The summed E-state index contributed by atoms with van der Waals surface area (Å²) >= 11 is 0. The number of nitriles is 1. The van der Waals surface area contributed by atoms with Crippen molar-refractivity contribution in [1.29, 1.82) is 5.26 Å². The van der Waals surface area contributed by atoms with E-state index in [0.29, 0.717) is 22.1 Å². The number of nitrogens with zero attached hydrogens (tertiary/aromatic N) is 1. The van der Waals surface area contributed by atoms with Crippen molar-refractivity contribution in [3.63, 3.8) is 0 Å². The van der Waals surface area contributed by atoms with Gasteiger partial charge in [-0.3, -0.25) is 4.79 Å². The van der Waals surface area contributed by atoms with Crippen molar-refractivity contribution >= 4 is 32.4 Å².